The van der Waals surface area contributed by atoms with Crippen LogP contribution in [-0.2, 0) is 14.4 Å². The predicted octanol–water partition coefficient (Wildman–Crippen LogP) is 7.23. The lowest BCUT2D eigenvalue weighted by molar-refractivity contribution is -0.0597. The number of alkyl halides is 3. The molecule has 4 nitrogen and oxygen atoms in total. The number of aryl methyl sites for hydroxylation is 1. The third-order valence-corrected chi connectivity index (χ3v) is 6.37. The van der Waals surface area contributed by atoms with E-state index in [9.17, 15) is 21.6 Å². The van der Waals surface area contributed by atoms with Crippen LogP contribution in [0.4, 0.5) is 13.2 Å². The van der Waals surface area contributed by atoms with Gasteiger partial charge in [-0.15, -0.1) is 0 Å². The Morgan fingerprint density at radius 2 is 1.42 bits per heavy atom. The van der Waals surface area contributed by atoms with Crippen molar-refractivity contribution >= 4 is 15.8 Å². The minimum atomic E-state index is -4.89. The Labute approximate surface area is 195 Å². The van der Waals surface area contributed by atoms with Gasteiger partial charge in [0.05, 0.1) is 0 Å². The van der Waals surface area contributed by atoms with Gasteiger partial charge in [0.25, 0.3) is 0 Å². The van der Waals surface area contributed by atoms with Crippen LogP contribution in [0.25, 0.3) is 0 Å². The van der Waals surface area contributed by atoms with Crippen molar-refractivity contribution in [2.45, 2.75) is 71.9 Å². The summed E-state index contributed by atoms with van der Waals surface area (Å²) >= 11 is 0. The van der Waals surface area contributed by atoms with Gasteiger partial charge < -0.3 is 0 Å². The zero-order chi connectivity index (χ0) is 25.2. The number of oxime groups is 1. The second kappa shape index (κ2) is 9.49. The number of hydrogen-bond acceptors (Lipinski definition) is 4. The van der Waals surface area contributed by atoms with Gasteiger partial charge in [0.2, 0.25) is 0 Å². The average molecular weight is 484 g/mol. The van der Waals surface area contributed by atoms with Gasteiger partial charge in [-0.05, 0) is 47.8 Å². The Kier molecular flexibility index (Phi) is 7.73. The Bertz CT molecular complexity index is 1070. The molecule has 8 heteroatoms. The summed E-state index contributed by atoms with van der Waals surface area (Å²) in [5.41, 5.74) is 0.00757. The van der Waals surface area contributed by atoms with Gasteiger partial charge in [0.15, 0.2) is 5.71 Å². The van der Waals surface area contributed by atoms with Crippen molar-refractivity contribution < 1.29 is 25.9 Å². The molecule has 2 aromatic carbocycles. The fraction of sp³-hybridized carbons (Fsp3) is 0.480. The first-order chi connectivity index (χ1) is 14.9. The van der Waals surface area contributed by atoms with E-state index in [1.54, 1.807) is 19.1 Å². The van der Waals surface area contributed by atoms with Crippen LogP contribution in [-0.4, -0.2) is 20.3 Å². The number of benzene rings is 2. The molecule has 0 aliphatic heterocycles. The van der Waals surface area contributed by atoms with Gasteiger partial charge in [-0.2, -0.15) is 21.6 Å². The maximum absolute atomic E-state index is 13.5. The largest absolute Gasteiger partial charge is 0.437 e. The lowest BCUT2D eigenvalue weighted by Gasteiger charge is -2.36. The summed E-state index contributed by atoms with van der Waals surface area (Å²) < 4.78 is 70.0. The van der Waals surface area contributed by atoms with Crippen LogP contribution in [0.2, 0.25) is 0 Å². The zero-order valence-corrected chi connectivity index (χ0v) is 20.9. The topological polar surface area (TPSA) is 55.7 Å². The highest BCUT2D eigenvalue weighted by atomic mass is 32.2. The summed E-state index contributed by atoms with van der Waals surface area (Å²) in [4.78, 5) is -0.260. The molecule has 1 unspecified atom stereocenters. The first kappa shape index (κ1) is 26.9. The van der Waals surface area contributed by atoms with E-state index in [1.165, 1.54) is 36.4 Å². The van der Waals surface area contributed by atoms with Crippen molar-refractivity contribution in [2.75, 3.05) is 0 Å². The molecule has 0 aliphatic carbocycles. The van der Waals surface area contributed by atoms with E-state index in [0.717, 1.165) is 17.5 Å². The molecule has 2 rings (SSSR count). The second-order valence-corrected chi connectivity index (χ2v) is 12.1. The molecule has 0 saturated carbocycles. The van der Waals surface area contributed by atoms with Crippen LogP contribution in [0, 0.1) is 17.8 Å². The molecule has 0 aliphatic rings. The van der Waals surface area contributed by atoms with Gasteiger partial charge >= 0.3 is 16.3 Å². The molecule has 2 aromatic rings. The first-order valence-electron chi connectivity index (χ1n) is 10.7. The summed E-state index contributed by atoms with van der Waals surface area (Å²) in [6, 6.07) is 11.5. The molecule has 0 bridgehead atoms. The van der Waals surface area contributed by atoms with E-state index in [4.69, 9.17) is 0 Å². The standard InChI is InChI=1S/C25H32F3NO3S/c1-17-8-10-19(11-9-17)22(25(26,27)28)29-32-33(30,31)20-14-12-18(13-15-20)21(24(5,6)7)16-23(2,3)4/h8-15,21H,16H2,1-7H3. The average Bonchev–Trinajstić information content (AvgIpc) is 2.65. The maximum atomic E-state index is 13.5. The summed E-state index contributed by atoms with van der Waals surface area (Å²) in [6.07, 6.45) is -4.00. The Hall–Kier alpha value is -2.35. The van der Waals surface area contributed by atoms with Gasteiger partial charge in [-0.25, -0.2) is 0 Å². The highest BCUT2D eigenvalue weighted by Crippen LogP contribution is 2.43. The Morgan fingerprint density at radius 1 is 0.909 bits per heavy atom. The molecule has 1 atom stereocenters. The van der Waals surface area contributed by atoms with Crippen LogP contribution in [0.5, 0.6) is 0 Å². The van der Waals surface area contributed by atoms with Crippen molar-refractivity contribution in [2.24, 2.45) is 16.0 Å². The fourth-order valence-corrected chi connectivity index (χ4v) is 4.24. The molecule has 0 amide bonds. The number of rotatable bonds is 6. The molecule has 0 fully saturated rings. The van der Waals surface area contributed by atoms with E-state index in [-0.39, 0.29) is 27.2 Å². The molecular formula is C25H32F3NO3S. The summed E-state index contributed by atoms with van der Waals surface area (Å²) in [5, 5.41) is 2.99. The minimum Gasteiger partial charge on any atom is -0.264 e. The SMILES string of the molecule is Cc1ccc(C(=NOS(=O)(=O)c2ccc(C(CC(C)(C)C)C(C)(C)C)cc2)C(F)(F)F)cc1. The second-order valence-electron chi connectivity index (χ2n) is 10.6. The van der Waals surface area contributed by atoms with Crippen molar-refractivity contribution in [1.82, 2.24) is 0 Å². The van der Waals surface area contributed by atoms with E-state index in [1.807, 2.05) is 0 Å². The first-order valence-corrected chi connectivity index (χ1v) is 12.1. The lowest BCUT2D eigenvalue weighted by atomic mass is 9.69. The van der Waals surface area contributed by atoms with Crippen molar-refractivity contribution in [3.63, 3.8) is 0 Å². The van der Waals surface area contributed by atoms with Gasteiger partial charge in [0.1, 0.15) is 4.90 Å². The van der Waals surface area contributed by atoms with Crippen LogP contribution in [0.15, 0.2) is 58.6 Å². The van der Waals surface area contributed by atoms with E-state index in [0.29, 0.717) is 0 Å². The maximum Gasteiger partial charge on any atom is 0.437 e. The number of halogens is 3. The molecule has 0 N–H and O–H groups in total. The molecule has 182 valence electrons. The molecule has 0 saturated heterocycles. The third kappa shape index (κ3) is 7.59. The quantitative estimate of drug-likeness (QED) is 0.322. The van der Waals surface area contributed by atoms with E-state index in [2.05, 4.69) is 51.0 Å². The van der Waals surface area contributed by atoms with Crippen LogP contribution in [0.1, 0.15) is 70.6 Å². The fourth-order valence-electron chi connectivity index (χ4n) is 3.51. The Morgan fingerprint density at radius 3 is 1.85 bits per heavy atom. The summed E-state index contributed by atoms with van der Waals surface area (Å²) in [7, 11) is -4.53. The van der Waals surface area contributed by atoms with Crippen molar-refractivity contribution in [3.8, 4) is 0 Å². The minimum absolute atomic E-state index is 0.0600. The molecule has 0 heterocycles. The van der Waals surface area contributed by atoms with Crippen molar-refractivity contribution in [3.05, 3.63) is 65.2 Å². The third-order valence-electron chi connectivity index (χ3n) is 5.25. The van der Waals surface area contributed by atoms with Gasteiger partial charge in [0, 0.05) is 5.56 Å². The molecule has 33 heavy (non-hydrogen) atoms. The lowest BCUT2D eigenvalue weighted by Crippen LogP contribution is -2.25. The number of hydrogen-bond donors (Lipinski definition) is 0. The molecule has 0 radical (unpaired) electrons. The van der Waals surface area contributed by atoms with Crippen LogP contribution in [0.3, 0.4) is 0 Å². The highest BCUT2D eigenvalue weighted by molar-refractivity contribution is 7.86. The monoisotopic (exact) mass is 483 g/mol. The van der Waals surface area contributed by atoms with Gasteiger partial charge in [-0.3, -0.25) is 4.28 Å². The van der Waals surface area contributed by atoms with E-state index < -0.39 is 22.0 Å². The van der Waals surface area contributed by atoms with Crippen LogP contribution < -0.4 is 0 Å². The molecule has 0 aromatic heterocycles. The normalized spacial score (nSPS) is 14.8. The Balaban J connectivity index is 2.35. The summed E-state index contributed by atoms with van der Waals surface area (Å²) in [5.74, 6) is 0.159. The van der Waals surface area contributed by atoms with E-state index >= 15 is 0 Å². The molecule has 0 spiro atoms. The summed E-state index contributed by atoms with van der Waals surface area (Å²) in [6.45, 7) is 14.5. The smallest absolute Gasteiger partial charge is 0.264 e. The predicted molar refractivity (Wildman–Crippen MR) is 125 cm³/mol. The molecular weight excluding hydrogens is 451 g/mol. The number of nitrogens with zero attached hydrogens (tertiary/aromatic N) is 1. The zero-order valence-electron chi connectivity index (χ0n) is 20.1. The highest BCUT2D eigenvalue weighted by Gasteiger charge is 2.38. The van der Waals surface area contributed by atoms with Gasteiger partial charge in [-0.1, -0.05) is 88.7 Å². The van der Waals surface area contributed by atoms with Crippen LogP contribution >= 0.6 is 0 Å². The van der Waals surface area contributed by atoms with Crippen molar-refractivity contribution in [1.29, 1.82) is 0 Å².